The second-order valence-corrected chi connectivity index (χ2v) is 9.48. The Labute approximate surface area is 259 Å². The van der Waals surface area contributed by atoms with Crippen LogP contribution in [0.1, 0.15) is 11.1 Å². The Balaban J connectivity index is 1.61. The highest BCUT2D eigenvalue weighted by Gasteiger charge is 2.29. The molecule has 0 unspecified atom stereocenters. The van der Waals surface area contributed by atoms with Crippen LogP contribution in [-0.2, 0) is 0 Å². The van der Waals surface area contributed by atoms with E-state index in [1.54, 1.807) is 18.2 Å². The largest absolute Gasteiger partial charge is 0.305 e. The minimum absolute atomic E-state index is 0.0548. The molecule has 0 amide bonds. The van der Waals surface area contributed by atoms with E-state index >= 15 is 8.78 Å². The van der Waals surface area contributed by atoms with Gasteiger partial charge in [0.15, 0.2) is 46.6 Å². The van der Waals surface area contributed by atoms with Gasteiger partial charge >= 0.3 is 5.70 Å². The average molecular weight is 628 g/mol. The van der Waals surface area contributed by atoms with Crippen molar-refractivity contribution in [3.8, 4) is 63.5 Å². The molecule has 0 saturated carbocycles. The molecule has 3 heterocycles. The third-order valence-corrected chi connectivity index (χ3v) is 6.80. The zero-order chi connectivity index (χ0) is 33.4. The molecule has 0 atom stereocenters. The molecule has 0 fully saturated rings. The Morgan fingerprint density at radius 2 is 1.32 bits per heavy atom. The van der Waals surface area contributed by atoms with Crippen molar-refractivity contribution in [1.29, 1.82) is 15.8 Å². The molecular weight excluding hydrogens is 619 g/mol. The van der Waals surface area contributed by atoms with Crippen LogP contribution in [0.5, 0.6) is 0 Å². The van der Waals surface area contributed by atoms with Gasteiger partial charge in [0, 0.05) is 22.9 Å². The van der Waals surface area contributed by atoms with Gasteiger partial charge in [0.25, 0.3) is 0 Å². The molecule has 2 aromatic heterocycles. The number of hydrogen-bond donors (Lipinski definition) is 0. The van der Waals surface area contributed by atoms with Crippen LogP contribution in [0.25, 0.3) is 50.1 Å². The highest BCUT2D eigenvalue weighted by Crippen LogP contribution is 2.33. The fourth-order valence-electron chi connectivity index (χ4n) is 4.60. The summed E-state index contributed by atoms with van der Waals surface area (Å²) >= 11 is 0. The molecule has 0 spiro atoms. The van der Waals surface area contributed by atoms with E-state index in [0.29, 0.717) is 11.1 Å². The molecule has 0 radical (unpaired) electrons. The molecule has 47 heavy (non-hydrogen) atoms. The van der Waals surface area contributed by atoms with E-state index < -0.39 is 51.7 Å². The molecular formula is C32H9F5N10. The number of fused-ring (bicyclic) bond motifs is 1. The van der Waals surface area contributed by atoms with Gasteiger partial charge in [-0.1, -0.05) is 24.3 Å². The Morgan fingerprint density at radius 1 is 0.681 bits per heavy atom. The number of pyridine rings is 1. The van der Waals surface area contributed by atoms with E-state index in [0.717, 1.165) is 12.3 Å². The third kappa shape index (κ3) is 5.06. The fraction of sp³-hybridized carbons (Fsp3) is 0. The van der Waals surface area contributed by atoms with Crippen molar-refractivity contribution in [3.63, 3.8) is 0 Å². The molecule has 1 aliphatic heterocycles. The highest BCUT2D eigenvalue weighted by molar-refractivity contribution is 5.72. The van der Waals surface area contributed by atoms with Crippen LogP contribution in [-0.4, -0.2) is 19.9 Å². The lowest BCUT2D eigenvalue weighted by Crippen LogP contribution is -2.25. The van der Waals surface area contributed by atoms with Crippen LogP contribution in [0.15, 0.2) is 76.4 Å². The number of hydrogen-bond acceptors (Lipinski definition) is 9. The normalized spacial score (nSPS) is 12.4. The second-order valence-electron chi connectivity index (χ2n) is 9.48. The number of benzene rings is 3. The van der Waals surface area contributed by atoms with Crippen LogP contribution >= 0.6 is 0 Å². The third-order valence-electron chi connectivity index (χ3n) is 6.80. The van der Waals surface area contributed by atoms with E-state index in [1.165, 1.54) is 36.5 Å². The van der Waals surface area contributed by atoms with Crippen molar-refractivity contribution in [2.75, 3.05) is 0 Å². The molecule has 1 aliphatic rings. The first-order chi connectivity index (χ1) is 22.7. The van der Waals surface area contributed by atoms with Crippen LogP contribution in [0, 0.1) is 69.7 Å². The van der Waals surface area contributed by atoms with Gasteiger partial charge in [0.05, 0.1) is 35.3 Å². The van der Waals surface area contributed by atoms with Crippen molar-refractivity contribution in [2.24, 2.45) is 9.98 Å². The minimum Gasteiger partial charge on any atom is -0.261 e. The zero-order valence-electron chi connectivity index (χ0n) is 23.1. The molecule has 5 aromatic rings. The van der Waals surface area contributed by atoms with E-state index in [9.17, 15) is 23.7 Å². The van der Waals surface area contributed by atoms with Crippen molar-refractivity contribution in [3.05, 3.63) is 129 Å². The van der Waals surface area contributed by atoms with Crippen LogP contribution in [0.4, 0.5) is 22.0 Å². The molecule has 6 rings (SSSR count). The lowest BCUT2D eigenvalue weighted by Gasteiger charge is -2.12. The van der Waals surface area contributed by atoms with Crippen LogP contribution < -0.4 is 10.7 Å². The van der Waals surface area contributed by atoms with Crippen molar-refractivity contribution in [2.45, 2.75) is 0 Å². The van der Waals surface area contributed by atoms with Gasteiger partial charge < -0.3 is 0 Å². The number of nitriles is 3. The molecule has 10 nitrogen and oxygen atoms in total. The number of allylic oxidation sites excluding steroid dienone is 1. The molecule has 0 bridgehead atoms. The first-order valence-electron chi connectivity index (χ1n) is 13.0. The summed E-state index contributed by atoms with van der Waals surface area (Å²) < 4.78 is 73.5. The van der Waals surface area contributed by atoms with E-state index in [4.69, 9.17) is 11.8 Å². The predicted octanol–water partition coefficient (Wildman–Crippen LogP) is 5.24. The van der Waals surface area contributed by atoms with Gasteiger partial charge in [0.1, 0.15) is 28.9 Å². The summed E-state index contributed by atoms with van der Waals surface area (Å²) in [6.07, 6.45) is 2.45. The topological polar surface area (TPSA) is 152 Å². The highest BCUT2D eigenvalue weighted by atomic mass is 19.2. The Bertz CT molecular complexity index is 2470. The number of nitrogens with zero attached hydrogens (tertiary/aromatic N) is 10. The molecule has 222 valence electrons. The van der Waals surface area contributed by atoms with Gasteiger partial charge in [-0.05, 0) is 23.8 Å². The van der Waals surface area contributed by atoms with Gasteiger partial charge in [0.2, 0.25) is 0 Å². The SMILES string of the molecule is [C-]#[N+]/C(C#N)=C1\N=c2ccc(-c3nc(-c4ccc(-c5cncc(F)c5)cc4)nc(-c4c(F)c(F)c(C#N)c(F)c4F)n3)c(C#N)c2=N1. The van der Waals surface area contributed by atoms with Crippen molar-refractivity contribution >= 4 is 0 Å². The lowest BCUT2D eigenvalue weighted by atomic mass is 10.0. The Kier molecular flexibility index (Phi) is 7.42. The van der Waals surface area contributed by atoms with Gasteiger partial charge in [-0.15, -0.1) is 0 Å². The Hall–Kier alpha value is -7.23. The zero-order valence-corrected chi connectivity index (χ0v) is 23.1. The second kappa shape index (κ2) is 11.7. The quantitative estimate of drug-likeness (QED) is 0.114. The molecule has 0 N–H and O–H groups in total. The number of rotatable bonds is 4. The van der Waals surface area contributed by atoms with E-state index in [2.05, 4.69) is 34.8 Å². The average Bonchev–Trinajstić information content (AvgIpc) is 3.52. The smallest absolute Gasteiger partial charge is 0.261 e. The predicted molar refractivity (Wildman–Crippen MR) is 150 cm³/mol. The lowest BCUT2D eigenvalue weighted by molar-refractivity contribution is 0.453. The molecule has 0 aliphatic carbocycles. The van der Waals surface area contributed by atoms with E-state index in [-0.39, 0.29) is 44.9 Å². The number of halogens is 5. The first kappa shape index (κ1) is 29.8. The molecule has 0 saturated heterocycles. The summed E-state index contributed by atoms with van der Waals surface area (Å²) in [6.45, 7) is 7.16. The summed E-state index contributed by atoms with van der Waals surface area (Å²) in [5, 5.41) is 28.4. The summed E-state index contributed by atoms with van der Waals surface area (Å²) in [5.74, 6) is -10.2. The van der Waals surface area contributed by atoms with E-state index in [1.807, 2.05) is 6.07 Å². The van der Waals surface area contributed by atoms with Gasteiger partial charge in [-0.2, -0.15) is 10.5 Å². The summed E-state index contributed by atoms with van der Waals surface area (Å²) in [6, 6.07) is 14.6. The fourth-order valence-corrected chi connectivity index (χ4v) is 4.60. The molecule has 15 heteroatoms. The van der Waals surface area contributed by atoms with Crippen molar-refractivity contribution < 1.29 is 22.0 Å². The maximum atomic E-state index is 15.2. The van der Waals surface area contributed by atoms with Gasteiger partial charge in [-0.3, -0.25) is 4.98 Å². The van der Waals surface area contributed by atoms with Crippen molar-refractivity contribution in [1.82, 2.24) is 19.9 Å². The summed E-state index contributed by atoms with van der Waals surface area (Å²) in [5.41, 5.74) is -2.39. The minimum atomic E-state index is -1.97. The monoisotopic (exact) mass is 628 g/mol. The molecule has 3 aromatic carbocycles. The first-order valence-corrected chi connectivity index (χ1v) is 13.0. The van der Waals surface area contributed by atoms with Crippen LogP contribution in [0.2, 0.25) is 0 Å². The Morgan fingerprint density at radius 3 is 1.94 bits per heavy atom. The maximum Gasteiger partial charge on any atom is 0.305 e. The maximum absolute atomic E-state index is 15.2. The summed E-state index contributed by atoms with van der Waals surface area (Å²) in [4.78, 5) is 27.6. The summed E-state index contributed by atoms with van der Waals surface area (Å²) in [7, 11) is 0. The standard InChI is InChI=1S/C32H9F5N10/c1-41-22(11-40)31-43-21-7-6-18(19(9-38)28(21)44-31)30-45-29(15-4-2-14(3-5-15)16-8-17(33)13-42-12-16)46-32(47-30)23-26(36)24(34)20(10-39)25(35)27(23)37/h2-8,12-13H/b31-22+. The number of aromatic nitrogens is 4. The van der Waals surface area contributed by atoms with Gasteiger partial charge in [-0.25, -0.2) is 57.0 Å². The van der Waals surface area contributed by atoms with Crippen LogP contribution in [0.3, 0.4) is 0 Å².